The van der Waals surface area contributed by atoms with Crippen LogP contribution in [0, 0.1) is 0 Å². The van der Waals surface area contributed by atoms with Crippen LogP contribution in [0.2, 0.25) is 0 Å². The summed E-state index contributed by atoms with van der Waals surface area (Å²) in [4.78, 5) is 0. The van der Waals surface area contributed by atoms with Crippen molar-refractivity contribution in [3.63, 3.8) is 0 Å². The van der Waals surface area contributed by atoms with Crippen molar-refractivity contribution in [3.05, 3.63) is 42.3 Å². The predicted molar refractivity (Wildman–Crippen MR) is 70.7 cm³/mol. The Balaban J connectivity index is 1.78. The van der Waals surface area contributed by atoms with Crippen LogP contribution in [0.25, 0.3) is 11.1 Å². The minimum atomic E-state index is -3.20. The molecular weight excluding hydrogens is 264 g/mol. The van der Waals surface area contributed by atoms with Gasteiger partial charge < -0.3 is 4.52 Å². The van der Waals surface area contributed by atoms with Gasteiger partial charge in [0.25, 0.3) is 0 Å². The summed E-state index contributed by atoms with van der Waals surface area (Å²) in [5, 5.41) is 3.52. The summed E-state index contributed by atoms with van der Waals surface area (Å²) in [5.74, 6) is 0.537. The van der Waals surface area contributed by atoms with E-state index in [2.05, 4.69) is 9.88 Å². The number of rotatable bonds is 5. The number of aromatic nitrogens is 1. The fraction of sp³-hybridized carbons (Fsp3) is 0.308. The van der Waals surface area contributed by atoms with Gasteiger partial charge in [-0.05, 0) is 18.4 Å². The Hall–Kier alpha value is -1.66. The molecule has 1 aromatic carbocycles. The van der Waals surface area contributed by atoms with E-state index in [0.717, 1.165) is 24.0 Å². The number of nitrogens with zero attached hydrogens (tertiary/aromatic N) is 1. The summed E-state index contributed by atoms with van der Waals surface area (Å²) in [7, 11) is -3.20. The molecule has 19 heavy (non-hydrogen) atoms. The molecule has 1 aliphatic rings. The lowest BCUT2D eigenvalue weighted by Crippen LogP contribution is -2.26. The molecule has 0 bridgehead atoms. The topological polar surface area (TPSA) is 72.2 Å². The lowest BCUT2D eigenvalue weighted by molar-refractivity contribution is 0.381. The maximum atomic E-state index is 11.8. The quantitative estimate of drug-likeness (QED) is 0.907. The maximum Gasteiger partial charge on any atom is 0.214 e. The van der Waals surface area contributed by atoms with Gasteiger partial charge in [-0.25, -0.2) is 13.1 Å². The van der Waals surface area contributed by atoms with Crippen LogP contribution in [-0.4, -0.2) is 18.8 Å². The van der Waals surface area contributed by atoms with E-state index < -0.39 is 10.0 Å². The van der Waals surface area contributed by atoms with Crippen LogP contribution in [0.1, 0.15) is 18.6 Å². The molecule has 6 heteroatoms. The Labute approximate surface area is 111 Å². The molecule has 100 valence electrons. The summed E-state index contributed by atoms with van der Waals surface area (Å²) in [6.45, 7) is 0.142. The molecule has 3 rings (SSSR count). The van der Waals surface area contributed by atoms with Gasteiger partial charge in [0.2, 0.25) is 10.0 Å². The molecule has 5 nitrogen and oxygen atoms in total. The van der Waals surface area contributed by atoms with E-state index in [-0.39, 0.29) is 11.8 Å². The van der Waals surface area contributed by atoms with Gasteiger partial charge in [-0.1, -0.05) is 35.5 Å². The van der Waals surface area contributed by atoms with Crippen molar-refractivity contribution in [2.24, 2.45) is 0 Å². The third kappa shape index (κ3) is 2.69. The molecule has 2 aromatic rings. The summed E-state index contributed by atoms with van der Waals surface area (Å²) >= 11 is 0. The van der Waals surface area contributed by atoms with Crippen molar-refractivity contribution < 1.29 is 12.9 Å². The van der Waals surface area contributed by atoms with Gasteiger partial charge >= 0.3 is 0 Å². The van der Waals surface area contributed by atoms with E-state index >= 15 is 0 Å². The highest BCUT2D eigenvalue weighted by atomic mass is 32.2. The normalized spacial score (nSPS) is 15.6. The summed E-state index contributed by atoms with van der Waals surface area (Å²) < 4.78 is 31.2. The van der Waals surface area contributed by atoms with Gasteiger partial charge in [0, 0.05) is 5.56 Å². The first-order chi connectivity index (χ1) is 9.17. The van der Waals surface area contributed by atoms with Gasteiger partial charge in [0.15, 0.2) is 5.76 Å². The highest BCUT2D eigenvalue weighted by Crippen LogP contribution is 2.28. The fourth-order valence-corrected chi connectivity index (χ4v) is 3.23. The first kappa shape index (κ1) is 12.4. The lowest BCUT2D eigenvalue weighted by Gasteiger charge is -2.04. The zero-order valence-corrected chi connectivity index (χ0v) is 11.1. The molecular formula is C13H14N2O3S. The summed E-state index contributed by atoms with van der Waals surface area (Å²) in [6, 6.07) is 9.63. The molecule has 1 aromatic heterocycles. The molecule has 1 fully saturated rings. The third-order valence-corrected chi connectivity index (χ3v) is 5.02. The number of sulfonamides is 1. The SMILES string of the molecule is O=S(=O)(NCc1oncc1-c1ccccc1)C1CC1. The Bertz CT molecular complexity index is 660. The van der Waals surface area contributed by atoms with Crippen molar-refractivity contribution in [1.29, 1.82) is 0 Å². The van der Waals surface area contributed by atoms with Crippen LogP contribution in [-0.2, 0) is 16.6 Å². The maximum absolute atomic E-state index is 11.8. The second-order valence-electron chi connectivity index (χ2n) is 4.59. The largest absolute Gasteiger partial charge is 0.359 e. The average molecular weight is 278 g/mol. The first-order valence-corrected chi connectivity index (χ1v) is 7.69. The van der Waals surface area contributed by atoms with Crippen molar-refractivity contribution >= 4 is 10.0 Å². The van der Waals surface area contributed by atoms with Crippen LogP contribution in [0.15, 0.2) is 41.1 Å². The van der Waals surface area contributed by atoms with E-state index in [1.54, 1.807) is 6.20 Å². The van der Waals surface area contributed by atoms with Crippen molar-refractivity contribution in [2.75, 3.05) is 0 Å². The molecule has 1 aliphatic carbocycles. The molecule has 0 radical (unpaired) electrons. The van der Waals surface area contributed by atoms with Gasteiger partial charge in [0.1, 0.15) is 0 Å². The van der Waals surface area contributed by atoms with Crippen molar-refractivity contribution in [3.8, 4) is 11.1 Å². The summed E-state index contributed by atoms with van der Waals surface area (Å²) in [6.07, 6.45) is 3.10. The number of hydrogen-bond acceptors (Lipinski definition) is 4. The molecule has 0 aliphatic heterocycles. The van der Waals surface area contributed by atoms with E-state index in [1.807, 2.05) is 30.3 Å². The number of benzene rings is 1. The molecule has 0 amide bonds. The second-order valence-corrected chi connectivity index (χ2v) is 6.64. The zero-order valence-electron chi connectivity index (χ0n) is 10.2. The fourth-order valence-electron chi connectivity index (χ4n) is 1.91. The van der Waals surface area contributed by atoms with Gasteiger partial charge in [-0.3, -0.25) is 0 Å². The molecule has 0 saturated heterocycles. The number of nitrogens with one attached hydrogen (secondary N) is 1. The highest BCUT2D eigenvalue weighted by molar-refractivity contribution is 7.90. The Morgan fingerprint density at radius 3 is 2.68 bits per heavy atom. The first-order valence-electron chi connectivity index (χ1n) is 6.14. The van der Waals surface area contributed by atoms with Crippen LogP contribution >= 0.6 is 0 Å². The number of hydrogen-bond donors (Lipinski definition) is 1. The van der Waals surface area contributed by atoms with E-state index in [1.165, 1.54) is 0 Å². The average Bonchev–Trinajstić information content (AvgIpc) is 3.18. The minimum Gasteiger partial charge on any atom is -0.359 e. The minimum absolute atomic E-state index is 0.142. The molecule has 0 unspecified atom stereocenters. The van der Waals surface area contributed by atoms with Crippen molar-refractivity contribution in [1.82, 2.24) is 9.88 Å². The van der Waals surface area contributed by atoms with Gasteiger partial charge in [-0.2, -0.15) is 0 Å². The predicted octanol–water partition coefficient (Wildman–Crippen LogP) is 1.92. The van der Waals surface area contributed by atoms with E-state index in [0.29, 0.717) is 5.76 Å². The van der Waals surface area contributed by atoms with Gasteiger partial charge in [-0.15, -0.1) is 0 Å². The summed E-state index contributed by atoms with van der Waals surface area (Å²) in [5.41, 5.74) is 1.78. The van der Waals surface area contributed by atoms with Crippen LogP contribution < -0.4 is 4.72 Å². The lowest BCUT2D eigenvalue weighted by atomic mass is 10.1. The molecule has 1 heterocycles. The highest BCUT2D eigenvalue weighted by Gasteiger charge is 2.35. The van der Waals surface area contributed by atoms with Crippen LogP contribution in [0.5, 0.6) is 0 Å². The Morgan fingerprint density at radius 1 is 1.26 bits per heavy atom. The van der Waals surface area contributed by atoms with Gasteiger partial charge in [0.05, 0.1) is 18.0 Å². The van der Waals surface area contributed by atoms with E-state index in [4.69, 9.17) is 4.52 Å². The zero-order chi connectivity index (χ0) is 13.3. The molecule has 1 N–H and O–H groups in total. The van der Waals surface area contributed by atoms with Crippen molar-refractivity contribution in [2.45, 2.75) is 24.6 Å². The standard InChI is InChI=1S/C13H14N2O3S/c16-19(17,11-6-7-11)15-9-13-12(8-14-18-13)10-4-2-1-3-5-10/h1-5,8,11,15H,6-7,9H2. The second kappa shape index (κ2) is 4.79. The molecule has 1 saturated carbocycles. The van der Waals surface area contributed by atoms with Crippen LogP contribution in [0.4, 0.5) is 0 Å². The molecule has 0 spiro atoms. The van der Waals surface area contributed by atoms with E-state index in [9.17, 15) is 8.42 Å². The Morgan fingerprint density at radius 2 is 2.00 bits per heavy atom. The monoisotopic (exact) mass is 278 g/mol. The smallest absolute Gasteiger partial charge is 0.214 e. The Kier molecular flexibility index (Phi) is 3.12. The van der Waals surface area contributed by atoms with Crippen LogP contribution in [0.3, 0.4) is 0 Å². The molecule has 0 atom stereocenters. The third-order valence-electron chi connectivity index (χ3n) is 3.13.